The van der Waals surface area contributed by atoms with Crippen molar-refractivity contribution in [2.24, 2.45) is 7.05 Å². The van der Waals surface area contributed by atoms with Crippen LogP contribution in [0.1, 0.15) is 37.3 Å². The van der Waals surface area contributed by atoms with Crippen LogP contribution in [0.2, 0.25) is 0 Å². The fourth-order valence-corrected chi connectivity index (χ4v) is 3.14. The van der Waals surface area contributed by atoms with E-state index in [1.165, 1.54) is 5.56 Å². The molecule has 0 aliphatic carbocycles. The Morgan fingerprint density at radius 2 is 2.00 bits per heavy atom. The van der Waals surface area contributed by atoms with Crippen molar-refractivity contribution in [3.8, 4) is 0 Å². The summed E-state index contributed by atoms with van der Waals surface area (Å²) < 4.78 is 8.94. The summed E-state index contributed by atoms with van der Waals surface area (Å²) in [6, 6.07) is 10.4. The maximum absolute atomic E-state index is 6.05. The molecule has 0 amide bonds. The molecular formula is C16H22BrN3O. The van der Waals surface area contributed by atoms with Crippen molar-refractivity contribution in [3.05, 3.63) is 52.3 Å². The molecule has 2 rings (SSSR count). The summed E-state index contributed by atoms with van der Waals surface area (Å²) in [5, 5.41) is 7.86. The predicted octanol–water partition coefficient (Wildman–Crippen LogP) is 3.61. The maximum atomic E-state index is 6.05. The van der Waals surface area contributed by atoms with Crippen LogP contribution in [0.25, 0.3) is 0 Å². The Balaban J connectivity index is 2.42. The number of hydrogen-bond acceptors (Lipinski definition) is 3. The van der Waals surface area contributed by atoms with Gasteiger partial charge in [-0.25, -0.2) is 0 Å². The molecule has 5 heteroatoms. The van der Waals surface area contributed by atoms with Crippen molar-refractivity contribution in [1.82, 2.24) is 15.1 Å². The van der Waals surface area contributed by atoms with E-state index in [9.17, 15) is 0 Å². The molecule has 0 aliphatic heterocycles. The van der Waals surface area contributed by atoms with Crippen LogP contribution in [0, 0.1) is 0 Å². The molecule has 2 aromatic rings. The average Bonchev–Trinajstić information content (AvgIpc) is 2.83. The van der Waals surface area contributed by atoms with Crippen molar-refractivity contribution >= 4 is 15.9 Å². The summed E-state index contributed by atoms with van der Waals surface area (Å²) in [5.74, 6) is 0. The highest BCUT2D eigenvalue weighted by atomic mass is 79.9. The van der Waals surface area contributed by atoms with Crippen LogP contribution in [0.5, 0.6) is 0 Å². The van der Waals surface area contributed by atoms with E-state index < -0.39 is 0 Å². The second kappa shape index (κ2) is 7.73. The zero-order valence-corrected chi connectivity index (χ0v) is 14.3. The monoisotopic (exact) mass is 351 g/mol. The molecule has 1 heterocycles. The number of ether oxygens (including phenoxy) is 1. The van der Waals surface area contributed by atoms with Gasteiger partial charge in [-0.15, -0.1) is 0 Å². The van der Waals surface area contributed by atoms with E-state index in [-0.39, 0.29) is 12.1 Å². The molecule has 0 fully saturated rings. The quantitative estimate of drug-likeness (QED) is 0.827. The SMILES string of the molecule is CCNC(c1c(Br)cnn1C)C(OCC)c1ccccc1. The predicted molar refractivity (Wildman–Crippen MR) is 88.1 cm³/mol. The topological polar surface area (TPSA) is 39.1 Å². The minimum atomic E-state index is -0.0529. The van der Waals surface area contributed by atoms with Gasteiger partial charge in [-0.3, -0.25) is 4.68 Å². The van der Waals surface area contributed by atoms with Gasteiger partial charge in [0.25, 0.3) is 0 Å². The summed E-state index contributed by atoms with van der Waals surface area (Å²) in [5.41, 5.74) is 2.26. The van der Waals surface area contributed by atoms with Crippen molar-refractivity contribution in [1.29, 1.82) is 0 Å². The zero-order valence-electron chi connectivity index (χ0n) is 12.7. The average molecular weight is 352 g/mol. The van der Waals surface area contributed by atoms with Crippen LogP contribution < -0.4 is 5.32 Å². The summed E-state index contributed by atoms with van der Waals surface area (Å²) >= 11 is 3.60. The van der Waals surface area contributed by atoms with Crippen LogP contribution in [-0.2, 0) is 11.8 Å². The number of aromatic nitrogens is 2. The first kappa shape index (κ1) is 16.2. The first-order chi connectivity index (χ1) is 10.2. The summed E-state index contributed by atoms with van der Waals surface area (Å²) in [7, 11) is 1.96. The van der Waals surface area contributed by atoms with Gasteiger partial charge in [0.15, 0.2) is 0 Å². The molecule has 2 atom stereocenters. The van der Waals surface area contributed by atoms with Crippen molar-refractivity contribution in [2.45, 2.75) is 26.0 Å². The normalized spacial score (nSPS) is 14.1. The first-order valence-corrected chi connectivity index (χ1v) is 8.05. The molecular weight excluding hydrogens is 330 g/mol. The van der Waals surface area contributed by atoms with Gasteiger partial charge in [-0.2, -0.15) is 5.10 Å². The Kier molecular flexibility index (Phi) is 5.96. The van der Waals surface area contributed by atoms with E-state index in [1.807, 2.05) is 43.0 Å². The zero-order chi connectivity index (χ0) is 15.2. The molecule has 0 bridgehead atoms. The van der Waals surface area contributed by atoms with Crippen LogP contribution in [0.15, 0.2) is 41.0 Å². The lowest BCUT2D eigenvalue weighted by Crippen LogP contribution is -2.30. The van der Waals surface area contributed by atoms with E-state index >= 15 is 0 Å². The number of nitrogens with one attached hydrogen (secondary N) is 1. The molecule has 1 N–H and O–H groups in total. The third-order valence-corrected chi connectivity index (χ3v) is 4.04. The van der Waals surface area contributed by atoms with Gasteiger partial charge in [0, 0.05) is 13.7 Å². The lowest BCUT2D eigenvalue weighted by Gasteiger charge is -2.28. The number of rotatable bonds is 7. The largest absolute Gasteiger partial charge is 0.372 e. The lowest BCUT2D eigenvalue weighted by molar-refractivity contribution is 0.0308. The molecule has 21 heavy (non-hydrogen) atoms. The first-order valence-electron chi connectivity index (χ1n) is 7.26. The number of hydrogen-bond donors (Lipinski definition) is 1. The fraction of sp³-hybridized carbons (Fsp3) is 0.438. The Bertz CT molecular complexity index is 536. The van der Waals surface area contributed by atoms with Gasteiger partial charge in [-0.1, -0.05) is 37.3 Å². The maximum Gasteiger partial charge on any atom is 0.103 e. The molecule has 1 aromatic heterocycles. The van der Waals surface area contributed by atoms with Crippen molar-refractivity contribution in [3.63, 3.8) is 0 Å². The van der Waals surface area contributed by atoms with E-state index in [4.69, 9.17) is 4.74 Å². The molecule has 0 spiro atoms. The van der Waals surface area contributed by atoms with Gasteiger partial charge in [0.05, 0.1) is 22.4 Å². The highest BCUT2D eigenvalue weighted by Crippen LogP contribution is 2.35. The van der Waals surface area contributed by atoms with Gasteiger partial charge < -0.3 is 10.1 Å². The van der Waals surface area contributed by atoms with Crippen LogP contribution >= 0.6 is 15.9 Å². The fourth-order valence-electron chi connectivity index (χ4n) is 2.54. The van der Waals surface area contributed by atoms with Gasteiger partial charge in [0.1, 0.15) is 6.10 Å². The van der Waals surface area contributed by atoms with Crippen LogP contribution in [-0.4, -0.2) is 22.9 Å². The van der Waals surface area contributed by atoms with Gasteiger partial charge in [0.2, 0.25) is 0 Å². The third-order valence-electron chi connectivity index (χ3n) is 3.43. The summed E-state index contributed by atoms with van der Waals surface area (Å²) in [6.07, 6.45) is 1.77. The number of likely N-dealkylation sites (N-methyl/N-ethyl adjacent to an activating group) is 1. The standard InChI is InChI=1S/C16H22BrN3O/c1-4-18-14(15-13(17)11-19-20(15)3)16(21-5-2)12-9-7-6-8-10-12/h6-11,14,16,18H,4-5H2,1-3H3. The van der Waals surface area contributed by atoms with Crippen LogP contribution in [0.3, 0.4) is 0 Å². The number of nitrogens with zero attached hydrogens (tertiary/aromatic N) is 2. The molecule has 114 valence electrons. The lowest BCUT2D eigenvalue weighted by atomic mass is 9.99. The van der Waals surface area contributed by atoms with E-state index in [0.717, 1.165) is 16.7 Å². The van der Waals surface area contributed by atoms with Gasteiger partial charge in [-0.05, 0) is 35.0 Å². The highest BCUT2D eigenvalue weighted by Gasteiger charge is 2.28. The Hall–Kier alpha value is -1.17. The Morgan fingerprint density at radius 3 is 2.52 bits per heavy atom. The Labute approximate surface area is 134 Å². The van der Waals surface area contributed by atoms with Crippen molar-refractivity contribution < 1.29 is 4.74 Å². The molecule has 0 aliphatic rings. The molecule has 0 saturated heterocycles. The smallest absolute Gasteiger partial charge is 0.103 e. The third kappa shape index (κ3) is 3.73. The second-order valence-electron chi connectivity index (χ2n) is 4.82. The number of halogens is 1. The second-order valence-corrected chi connectivity index (χ2v) is 5.68. The minimum Gasteiger partial charge on any atom is -0.372 e. The molecule has 1 aromatic carbocycles. The summed E-state index contributed by atoms with van der Waals surface area (Å²) in [4.78, 5) is 0. The molecule has 0 saturated carbocycles. The Morgan fingerprint density at radius 1 is 1.29 bits per heavy atom. The van der Waals surface area contributed by atoms with Crippen LogP contribution in [0.4, 0.5) is 0 Å². The summed E-state index contributed by atoms with van der Waals surface area (Å²) in [6.45, 7) is 5.65. The molecule has 2 unspecified atom stereocenters. The van der Waals surface area contributed by atoms with Crippen molar-refractivity contribution in [2.75, 3.05) is 13.2 Å². The van der Waals surface area contributed by atoms with E-state index in [0.29, 0.717) is 6.61 Å². The van der Waals surface area contributed by atoms with Gasteiger partial charge >= 0.3 is 0 Å². The molecule has 4 nitrogen and oxygen atoms in total. The van der Waals surface area contributed by atoms with E-state index in [2.05, 4.69) is 45.4 Å². The highest BCUT2D eigenvalue weighted by molar-refractivity contribution is 9.10. The minimum absolute atomic E-state index is 0.0409. The van der Waals surface area contributed by atoms with E-state index in [1.54, 1.807) is 0 Å². The number of aryl methyl sites for hydroxylation is 1. The molecule has 0 radical (unpaired) electrons. The number of benzene rings is 1.